The van der Waals surface area contributed by atoms with Crippen molar-refractivity contribution in [3.63, 3.8) is 0 Å². The van der Waals surface area contributed by atoms with E-state index in [1.54, 1.807) is 17.0 Å². The van der Waals surface area contributed by atoms with Crippen molar-refractivity contribution < 1.29 is 18.7 Å². The van der Waals surface area contributed by atoms with E-state index in [1.807, 2.05) is 6.08 Å². The molecular formula is C25H34FN5O3. The van der Waals surface area contributed by atoms with Gasteiger partial charge in [-0.3, -0.25) is 14.6 Å². The van der Waals surface area contributed by atoms with Crippen molar-refractivity contribution in [2.24, 2.45) is 0 Å². The van der Waals surface area contributed by atoms with E-state index >= 15 is 0 Å². The topological polar surface area (TPSA) is 76.3 Å². The number of β-amino-alcohol motifs (C(OH)–C–C–N with tert-alkyl or cyclic N) is 1. The van der Waals surface area contributed by atoms with Crippen LogP contribution in [0.15, 0.2) is 47.6 Å². The van der Waals surface area contributed by atoms with Crippen molar-refractivity contribution in [1.29, 1.82) is 0 Å². The fourth-order valence-electron chi connectivity index (χ4n) is 4.48. The fourth-order valence-corrected chi connectivity index (χ4v) is 4.48. The van der Waals surface area contributed by atoms with E-state index in [-0.39, 0.29) is 17.8 Å². The minimum Gasteiger partial charge on any atom is -0.447 e. The van der Waals surface area contributed by atoms with Crippen LogP contribution in [0, 0.1) is 5.82 Å². The third-order valence-corrected chi connectivity index (χ3v) is 6.53. The molecule has 1 amide bonds. The first-order valence-electron chi connectivity index (χ1n) is 12.0. The summed E-state index contributed by atoms with van der Waals surface area (Å²) in [5, 5.41) is 10.1. The number of benzene rings is 1. The smallest absolute Gasteiger partial charge is 0.275 e. The normalized spacial score (nSPS) is 18.8. The van der Waals surface area contributed by atoms with Crippen LogP contribution in [0.25, 0.3) is 0 Å². The number of hydrogen-bond donors (Lipinski definition) is 1. The summed E-state index contributed by atoms with van der Waals surface area (Å²) in [7, 11) is 0. The molecule has 9 heteroatoms. The second-order valence-electron chi connectivity index (χ2n) is 8.98. The number of hydrogen-bond acceptors (Lipinski definition) is 7. The van der Waals surface area contributed by atoms with E-state index in [1.165, 1.54) is 18.4 Å². The average Bonchev–Trinajstić information content (AvgIpc) is 3.32. The van der Waals surface area contributed by atoms with Gasteiger partial charge in [0, 0.05) is 64.6 Å². The highest BCUT2D eigenvalue weighted by atomic mass is 19.1. The lowest BCUT2D eigenvalue weighted by atomic mass is 10.1. The molecule has 2 saturated heterocycles. The minimum atomic E-state index is -0.317. The second-order valence-corrected chi connectivity index (χ2v) is 8.98. The van der Waals surface area contributed by atoms with E-state index in [9.17, 15) is 14.3 Å². The molecule has 4 rings (SSSR count). The Labute approximate surface area is 200 Å². The van der Waals surface area contributed by atoms with Gasteiger partial charge in [0.1, 0.15) is 12.1 Å². The number of aliphatic hydroxyl groups is 1. The minimum absolute atomic E-state index is 0.118. The van der Waals surface area contributed by atoms with Crippen molar-refractivity contribution in [2.75, 3.05) is 63.8 Å². The van der Waals surface area contributed by atoms with E-state index in [4.69, 9.17) is 4.42 Å². The van der Waals surface area contributed by atoms with Gasteiger partial charge in [-0.05, 0) is 37.1 Å². The quantitative estimate of drug-likeness (QED) is 0.562. The van der Waals surface area contributed by atoms with Crippen LogP contribution in [0.4, 0.5) is 10.1 Å². The van der Waals surface area contributed by atoms with Crippen molar-refractivity contribution in [1.82, 2.24) is 19.7 Å². The number of aliphatic hydroxyl groups excluding tert-OH is 1. The maximum absolute atomic E-state index is 13.2. The third-order valence-electron chi connectivity index (χ3n) is 6.53. The maximum atomic E-state index is 13.2. The van der Waals surface area contributed by atoms with Crippen LogP contribution >= 0.6 is 0 Å². The number of carbonyl (C=O) groups excluding carboxylic acids is 1. The molecule has 0 saturated carbocycles. The lowest BCUT2D eigenvalue weighted by molar-refractivity contribution is 0.0642. The van der Waals surface area contributed by atoms with Crippen LogP contribution in [0.5, 0.6) is 0 Å². The summed E-state index contributed by atoms with van der Waals surface area (Å²) in [6, 6.07) is 6.44. The summed E-state index contributed by atoms with van der Waals surface area (Å²) in [5.74, 6) is 0.180. The number of oxazole rings is 1. The molecule has 0 unspecified atom stereocenters. The molecule has 0 aliphatic carbocycles. The summed E-state index contributed by atoms with van der Waals surface area (Å²) in [6.45, 7) is 11.0. The van der Waals surface area contributed by atoms with Gasteiger partial charge in [-0.1, -0.05) is 6.08 Å². The van der Waals surface area contributed by atoms with Gasteiger partial charge in [-0.2, -0.15) is 0 Å². The molecule has 1 aromatic carbocycles. The molecule has 2 aromatic rings. The highest BCUT2D eigenvalue weighted by molar-refractivity contribution is 5.92. The monoisotopic (exact) mass is 471 g/mol. The van der Waals surface area contributed by atoms with E-state index in [0.717, 1.165) is 44.7 Å². The fraction of sp³-hybridized carbons (Fsp3) is 0.520. The molecule has 34 heavy (non-hydrogen) atoms. The molecular weight excluding hydrogens is 437 g/mol. The Balaban J connectivity index is 1.21. The first-order valence-corrected chi connectivity index (χ1v) is 12.0. The van der Waals surface area contributed by atoms with Gasteiger partial charge < -0.3 is 19.3 Å². The molecule has 1 atom stereocenters. The number of amides is 1. The molecule has 2 fully saturated rings. The predicted octanol–water partition coefficient (Wildman–Crippen LogP) is 2.22. The zero-order valence-electron chi connectivity index (χ0n) is 19.6. The Morgan fingerprint density at radius 1 is 1.09 bits per heavy atom. The highest BCUT2D eigenvalue weighted by Gasteiger charge is 2.26. The standard InChI is InChI=1S/C25H34FN5O3/c1-2-3-4-22(32)17-28-9-11-29(12-10-28)18-24-27-23(19-34-24)25(33)31-15-13-30(14-16-31)21-7-5-20(26)6-8-21/h2,5-8,19,22,32H,1,3-4,9-18H2/t22-/m0/s1. The summed E-state index contributed by atoms with van der Waals surface area (Å²) in [4.78, 5) is 25.8. The highest BCUT2D eigenvalue weighted by Crippen LogP contribution is 2.18. The first-order chi connectivity index (χ1) is 16.5. The van der Waals surface area contributed by atoms with Crippen LogP contribution in [-0.2, 0) is 6.54 Å². The van der Waals surface area contributed by atoms with Crippen LogP contribution in [0.1, 0.15) is 29.2 Å². The Hall–Kier alpha value is -2.75. The van der Waals surface area contributed by atoms with Gasteiger partial charge in [0.25, 0.3) is 5.91 Å². The van der Waals surface area contributed by atoms with E-state index < -0.39 is 0 Å². The Kier molecular flexibility index (Phi) is 8.31. The number of halogens is 1. The molecule has 2 aliphatic heterocycles. The van der Waals surface area contributed by atoms with Crippen LogP contribution in [0.3, 0.4) is 0 Å². The van der Waals surface area contributed by atoms with Crippen molar-refractivity contribution in [3.05, 3.63) is 60.6 Å². The largest absolute Gasteiger partial charge is 0.447 e. The zero-order chi connectivity index (χ0) is 23.9. The SMILES string of the molecule is C=CCC[C@H](O)CN1CCN(Cc2nc(C(=O)N3CCN(c4ccc(F)cc4)CC3)co2)CC1. The summed E-state index contributed by atoms with van der Waals surface area (Å²) in [6.07, 6.45) is 4.55. The van der Waals surface area contributed by atoms with Crippen molar-refractivity contribution >= 4 is 11.6 Å². The van der Waals surface area contributed by atoms with Crippen molar-refractivity contribution in [2.45, 2.75) is 25.5 Å². The average molecular weight is 472 g/mol. The van der Waals surface area contributed by atoms with Crippen LogP contribution in [0.2, 0.25) is 0 Å². The second kappa shape index (κ2) is 11.6. The molecule has 0 radical (unpaired) electrons. The molecule has 0 spiro atoms. The number of allylic oxidation sites excluding steroid dienone is 1. The molecule has 0 bridgehead atoms. The van der Waals surface area contributed by atoms with E-state index in [0.29, 0.717) is 50.9 Å². The molecule has 3 heterocycles. The Morgan fingerprint density at radius 2 is 1.76 bits per heavy atom. The number of aromatic nitrogens is 1. The van der Waals surface area contributed by atoms with Gasteiger partial charge in [0.2, 0.25) is 5.89 Å². The summed E-state index contributed by atoms with van der Waals surface area (Å²) >= 11 is 0. The summed E-state index contributed by atoms with van der Waals surface area (Å²) < 4.78 is 18.8. The van der Waals surface area contributed by atoms with E-state index in [2.05, 4.69) is 26.3 Å². The number of anilines is 1. The first kappa shape index (κ1) is 24.4. The van der Waals surface area contributed by atoms with Crippen LogP contribution in [-0.4, -0.2) is 95.7 Å². The Bertz CT molecular complexity index is 934. The van der Waals surface area contributed by atoms with Gasteiger partial charge in [-0.25, -0.2) is 9.37 Å². The van der Waals surface area contributed by atoms with Crippen molar-refractivity contribution in [3.8, 4) is 0 Å². The van der Waals surface area contributed by atoms with Gasteiger partial charge >= 0.3 is 0 Å². The maximum Gasteiger partial charge on any atom is 0.275 e. The van der Waals surface area contributed by atoms with Gasteiger partial charge in [0.15, 0.2) is 5.69 Å². The molecule has 1 aromatic heterocycles. The van der Waals surface area contributed by atoms with Crippen LogP contribution < -0.4 is 4.90 Å². The molecule has 8 nitrogen and oxygen atoms in total. The van der Waals surface area contributed by atoms with Gasteiger partial charge in [-0.15, -0.1) is 6.58 Å². The summed E-state index contributed by atoms with van der Waals surface area (Å²) in [5.41, 5.74) is 1.30. The van der Waals surface area contributed by atoms with Gasteiger partial charge in [0.05, 0.1) is 12.6 Å². The Morgan fingerprint density at radius 3 is 2.44 bits per heavy atom. The predicted molar refractivity (Wildman–Crippen MR) is 128 cm³/mol. The number of nitrogens with zero attached hydrogens (tertiary/aromatic N) is 5. The molecule has 2 aliphatic rings. The third kappa shape index (κ3) is 6.43. The molecule has 184 valence electrons. The zero-order valence-corrected chi connectivity index (χ0v) is 19.6. The number of carbonyl (C=O) groups is 1. The lowest BCUT2D eigenvalue weighted by Gasteiger charge is -2.35. The number of piperazine rings is 2. The lowest BCUT2D eigenvalue weighted by Crippen LogP contribution is -2.49. The molecule has 1 N–H and O–H groups in total. The number of rotatable bonds is 9.